The maximum Gasteiger partial charge on any atom is 0.251 e. The molecule has 1 atom stereocenters. The molecule has 5 nitrogen and oxygen atoms in total. The van der Waals surface area contributed by atoms with Crippen molar-refractivity contribution < 1.29 is 19.7 Å². The molecule has 0 aliphatic carbocycles. The minimum absolute atomic E-state index is 0.0850. The lowest BCUT2D eigenvalue weighted by Crippen LogP contribution is -2.40. The SMILES string of the molecule is CC=CC(O)(OCCCCCCCCCC)C(=O)c1ccc(O)c(N)c1. The molecule has 0 aromatic heterocycles. The number of anilines is 1. The molecule has 0 fully saturated rings. The van der Waals surface area contributed by atoms with Crippen LogP contribution in [-0.2, 0) is 4.74 Å². The second-order valence-electron chi connectivity index (χ2n) is 6.62. The van der Waals surface area contributed by atoms with E-state index in [4.69, 9.17) is 10.5 Å². The van der Waals surface area contributed by atoms with E-state index >= 15 is 0 Å². The quantitative estimate of drug-likeness (QED) is 0.119. The maximum absolute atomic E-state index is 12.6. The van der Waals surface area contributed by atoms with E-state index in [1.54, 1.807) is 13.0 Å². The molecule has 0 bridgehead atoms. The molecule has 4 N–H and O–H groups in total. The number of hydrogen-bond acceptors (Lipinski definition) is 5. The zero-order chi connectivity index (χ0) is 19.4. The molecule has 0 aliphatic heterocycles. The highest BCUT2D eigenvalue weighted by Gasteiger charge is 2.35. The van der Waals surface area contributed by atoms with E-state index < -0.39 is 11.6 Å². The number of phenolic OH excluding ortho intramolecular Hbond substituents is 1. The zero-order valence-corrected chi connectivity index (χ0v) is 16.0. The van der Waals surface area contributed by atoms with Crippen molar-refractivity contribution in [3.05, 3.63) is 35.9 Å². The molecule has 0 saturated heterocycles. The normalized spacial score (nSPS) is 13.8. The Morgan fingerprint density at radius 2 is 1.77 bits per heavy atom. The molecule has 1 aromatic rings. The summed E-state index contributed by atoms with van der Waals surface area (Å²) < 4.78 is 5.52. The topological polar surface area (TPSA) is 92.8 Å². The van der Waals surface area contributed by atoms with E-state index in [1.165, 1.54) is 56.4 Å². The number of carbonyl (C=O) groups is 1. The Labute approximate surface area is 156 Å². The van der Waals surface area contributed by atoms with Gasteiger partial charge in [-0.2, -0.15) is 0 Å². The number of hydrogen-bond donors (Lipinski definition) is 3. The van der Waals surface area contributed by atoms with Crippen LogP contribution in [0.15, 0.2) is 30.4 Å². The lowest BCUT2D eigenvalue weighted by Gasteiger charge is -2.23. The molecule has 0 heterocycles. The lowest BCUT2D eigenvalue weighted by molar-refractivity contribution is -0.132. The second-order valence-corrected chi connectivity index (χ2v) is 6.62. The zero-order valence-electron chi connectivity index (χ0n) is 16.0. The van der Waals surface area contributed by atoms with Crippen LogP contribution in [0.5, 0.6) is 5.75 Å². The average molecular weight is 363 g/mol. The number of unbranched alkanes of at least 4 members (excludes halogenated alkanes) is 7. The van der Waals surface area contributed by atoms with E-state index in [0.717, 1.165) is 19.3 Å². The summed E-state index contributed by atoms with van der Waals surface area (Å²) in [5, 5.41) is 20.1. The first-order valence-corrected chi connectivity index (χ1v) is 9.58. The number of rotatable bonds is 13. The Hall–Kier alpha value is -1.85. The van der Waals surface area contributed by atoms with Crippen LogP contribution in [0, 0.1) is 0 Å². The number of ether oxygens (including phenoxy) is 1. The third-order valence-electron chi connectivity index (χ3n) is 4.33. The monoisotopic (exact) mass is 363 g/mol. The van der Waals surface area contributed by atoms with Crippen molar-refractivity contribution >= 4 is 11.5 Å². The molecule has 146 valence electrons. The molecule has 1 unspecified atom stereocenters. The average Bonchev–Trinajstić information content (AvgIpc) is 2.62. The van der Waals surface area contributed by atoms with Crippen LogP contribution in [0.1, 0.15) is 75.6 Å². The van der Waals surface area contributed by atoms with Gasteiger partial charge in [-0.25, -0.2) is 0 Å². The molecule has 1 rings (SSSR count). The third-order valence-corrected chi connectivity index (χ3v) is 4.33. The van der Waals surface area contributed by atoms with Gasteiger partial charge in [0.1, 0.15) is 5.75 Å². The lowest BCUT2D eigenvalue weighted by atomic mass is 10.0. The summed E-state index contributed by atoms with van der Waals surface area (Å²) in [5.74, 6) is -2.71. The summed E-state index contributed by atoms with van der Waals surface area (Å²) in [5.41, 5.74) is 5.91. The molecule has 5 heteroatoms. The Bertz CT molecular complexity index is 585. The summed E-state index contributed by atoms with van der Waals surface area (Å²) in [6.45, 7) is 4.22. The first-order valence-electron chi connectivity index (χ1n) is 9.58. The van der Waals surface area contributed by atoms with E-state index in [0.29, 0.717) is 6.61 Å². The van der Waals surface area contributed by atoms with Gasteiger partial charge in [-0.1, -0.05) is 57.9 Å². The van der Waals surface area contributed by atoms with Crippen molar-refractivity contribution in [2.45, 2.75) is 71.0 Å². The fourth-order valence-electron chi connectivity index (χ4n) is 2.78. The molecule has 1 aromatic carbocycles. The molecule has 0 saturated carbocycles. The maximum atomic E-state index is 12.6. The van der Waals surface area contributed by atoms with Gasteiger partial charge in [0.15, 0.2) is 0 Å². The van der Waals surface area contributed by atoms with Gasteiger partial charge >= 0.3 is 0 Å². The number of nitrogen functional groups attached to an aromatic ring is 1. The van der Waals surface area contributed by atoms with E-state index in [-0.39, 0.29) is 17.0 Å². The van der Waals surface area contributed by atoms with Crippen molar-refractivity contribution in [2.75, 3.05) is 12.3 Å². The number of carbonyl (C=O) groups excluding carboxylic acids is 1. The number of nitrogens with two attached hydrogens (primary N) is 1. The van der Waals surface area contributed by atoms with Crippen LogP contribution >= 0.6 is 0 Å². The summed E-state index contributed by atoms with van der Waals surface area (Å²) in [4.78, 5) is 12.6. The van der Waals surface area contributed by atoms with E-state index in [2.05, 4.69) is 6.92 Å². The predicted molar refractivity (Wildman–Crippen MR) is 105 cm³/mol. The van der Waals surface area contributed by atoms with Gasteiger partial charge in [0.2, 0.25) is 5.78 Å². The highest BCUT2D eigenvalue weighted by Crippen LogP contribution is 2.25. The number of allylic oxidation sites excluding steroid dienone is 1. The number of aliphatic hydroxyl groups is 1. The van der Waals surface area contributed by atoms with Crippen LogP contribution in [0.3, 0.4) is 0 Å². The number of benzene rings is 1. The van der Waals surface area contributed by atoms with E-state index in [1.807, 2.05) is 0 Å². The number of phenols is 1. The first-order chi connectivity index (χ1) is 12.4. The Morgan fingerprint density at radius 1 is 1.15 bits per heavy atom. The molecule has 0 radical (unpaired) electrons. The van der Waals surface area contributed by atoms with Gasteiger partial charge in [0, 0.05) is 5.56 Å². The Morgan fingerprint density at radius 3 is 2.35 bits per heavy atom. The summed E-state index contributed by atoms with van der Waals surface area (Å²) in [6, 6.07) is 4.09. The fraction of sp³-hybridized carbons (Fsp3) is 0.571. The van der Waals surface area contributed by atoms with Gasteiger partial charge < -0.3 is 20.7 Å². The van der Waals surface area contributed by atoms with Crippen molar-refractivity contribution in [3.63, 3.8) is 0 Å². The molecule has 0 spiro atoms. The van der Waals surface area contributed by atoms with Crippen molar-refractivity contribution in [2.24, 2.45) is 0 Å². The highest BCUT2D eigenvalue weighted by molar-refractivity contribution is 6.03. The molecule has 0 aliphatic rings. The van der Waals surface area contributed by atoms with Gasteiger partial charge in [0.05, 0.1) is 12.3 Å². The van der Waals surface area contributed by atoms with E-state index in [9.17, 15) is 15.0 Å². The predicted octanol–water partition coefficient (Wildman–Crippen LogP) is 4.58. The second kappa shape index (κ2) is 11.7. The van der Waals surface area contributed by atoms with Crippen LogP contribution in [0.25, 0.3) is 0 Å². The highest BCUT2D eigenvalue weighted by atomic mass is 16.6. The number of aromatic hydroxyl groups is 1. The van der Waals surface area contributed by atoms with Gasteiger partial charge in [-0.3, -0.25) is 4.79 Å². The van der Waals surface area contributed by atoms with Gasteiger partial charge in [-0.15, -0.1) is 0 Å². The van der Waals surface area contributed by atoms with Crippen LogP contribution in [-0.4, -0.2) is 28.4 Å². The third kappa shape index (κ3) is 7.18. The first kappa shape index (κ1) is 22.2. The minimum atomic E-state index is -2.01. The van der Waals surface area contributed by atoms with Crippen molar-refractivity contribution in [1.29, 1.82) is 0 Å². The largest absolute Gasteiger partial charge is 0.506 e. The van der Waals surface area contributed by atoms with Crippen LogP contribution < -0.4 is 5.73 Å². The molecular weight excluding hydrogens is 330 g/mol. The Balaban J connectivity index is 2.50. The fourth-order valence-corrected chi connectivity index (χ4v) is 2.78. The smallest absolute Gasteiger partial charge is 0.251 e. The summed E-state index contributed by atoms with van der Waals surface area (Å²) >= 11 is 0. The summed E-state index contributed by atoms with van der Waals surface area (Å²) in [7, 11) is 0. The molecule has 26 heavy (non-hydrogen) atoms. The molecular formula is C21H33NO4. The minimum Gasteiger partial charge on any atom is -0.506 e. The standard InChI is InChI=1S/C21H33NO4/c1-3-5-6-7-8-9-10-11-15-26-21(25,14-4-2)20(24)17-12-13-19(23)18(22)16-17/h4,12-14,16,23,25H,3,5-11,15,22H2,1-2H3. The van der Waals surface area contributed by atoms with Gasteiger partial charge in [-0.05, 0) is 37.6 Å². The van der Waals surface area contributed by atoms with Crippen LogP contribution in [0.2, 0.25) is 0 Å². The molecule has 0 amide bonds. The van der Waals surface area contributed by atoms with Gasteiger partial charge in [0.25, 0.3) is 5.79 Å². The van der Waals surface area contributed by atoms with Crippen LogP contribution in [0.4, 0.5) is 5.69 Å². The van der Waals surface area contributed by atoms with Crippen molar-refractivity contribution in [3.8, 4) is 5.75 Å². The number of Topliss-reactive ketones (excluding diaryl/α,β-unsaturated/α-hetero) is 1. The summed E-state index contributed by atoms with van der Waals surface area (Å²) in [6.07, 6.45) is 12.2. The Kier molecular flexibility index (Phi) is 9.99. The van der Waals surface area contributed by atoms with Crippen molar-refractivity contribution in [1.82, 2.24) is 0 Å². The number of ketones is 1.